The van der Waals surface area contributed by atoms with Crippen LogP contribution in [-0.2, 0) is 0 Å². The predicted octanol–water partition coefficient (Wildman–Crippen LogP) is 4.13. The zero-order valence-electron chi connectivity index (χ0n) is 13.8. The molecule has 0 spiro atoms. The molecule has 3 heteroatoms. The van der Waals surface area contributed by atoms with Crippen LogP contribution in [0, 0.1) is 12.3 Å². The molecule has 0 saturated heterocycles. The van der Waals surface area contributed by atoms with Crippen molar-refractivity contribution in [2.75, 3.05) is 11.9 Å². The Morgan fingerprint density at radius 1 is 1.29 bits per heavy atom. The molecule has 1 aromatic rings. The fraction of sp³-hybridized carbons (Fsp3) is 0.611. The van der Waals surface area contributed by atoms with Gasteiger partial charge in [-0.3, -0.25) is 4.79 Å². The van der Waals surface area contributed by atoms with Gasteiger partial charge in [0, 0.05) is 23.8 Å². The maximum Gasteiger partial charge on any atom is 0.251 e. The molecular weight excluding hydrogens is 260 g/mol. The summed E-state index contributed by atoms with van der Waals surface area (Å²) in [7, 11) is 0. The molecule has 0 bridgehead atoms. The van der Waals surface area contributed by atoms with Crippen LogP contribution in [0.25, 0.3) is 0 Å². The lowest BCUT2D eigenvalue weighted by Crippen LogP contribution is -2.30. The van der Waals surface area contributed by atoms with Gasteiger partial charge < -0.3 is 10.6 Å². The summed E-state index contributed by atoms with van der Waals surface area (Å²) in [6, 6.07) is 6.44. The molecule has 116 valence electrons. The first-order chi connectivity index (χ1) is 9.91. The normalized spacial score (nSPS) is 18.3. The zero-order valence-corrected chi connectivity index (χ0v) is 13.8. The number of nitrogens with one attached hydrogen (secondary N) is 2. The molecule has 2 N–H and O–H groups in total. The van der Waals surface area contributed by atoms with Crippen LogP contribution in [0.3, 0.4) is 0 Å². The van der Waals surface area contributed by atoms with Gasteiger partial charge in [-0.05, 0) is 62.6 Å². The second-order valence-electron chi connectivity index (χ2n) is 6.97. The first-order valence-electron chi connectivity index (χ1n) is 8.07. The van der Waals surface area contributed by atoms with Crippen LogP contribution in [0.4, 0.5) is 5.69 Å². The van der Waals surface area contributed by atoms with Gasteiger partial charge in [0.1, 0.15) is 0 Å². The van der Waals surface area contributed by atoms with E-state index in [-0.39, 0.29) is 5.91 Å². The van der Waals surface area contributed by atoms with Gasteiger partial charge >= 0.3 is 0 Å². The molecule has 0 heterocycles. The Morgan fingerprint density at radius 2 is 1.95 bits per heavy atom. The van der Waals surface area contributed by atoms with Crippen molar-refractivity contribution < 1.29 is 4.79 Å². The van der Waals surface area contributed by atoms with Crippen molar-refractivity contribution in [3.8, 4) is 0 Å². The Kier molecular flexibility index (Phi) is 4.92. The minimum Gasteiger partial charge on any atom is -0.382 e. The summed E-state index contributed by atoms with van der Waals surface area (Å²) in [5.41, 5.74) is 3.52. The molecule has 21 heavy (non-hydrogen) atoms. The lowest BCUT2D eigenvalue weighted by Gasteiger charge is -2.35. The second-order valence-corrected chi connectivity index (χ2v) is 6.97. The lowest BCUT2D eigenvalue weighted by atomic mass is 9.75. The summed E-state index contributed by atoms with van der Waals surface area (Å²) in [4.78, 5) is 11.9. The molecule has 1 amide bonds. The summed E-state index contributed by atoms with van der Waals surface area (Å²) in [5.74, 6) is 0.00493. The Balaban J connectivity index is 2.06. The highest BCUT2D eigenvalue weighted by Gasteiger charge is 2.26. The van der Waals surface area contributed by atoms with Crippen LogP contribution in [0.1, 0.15) is 62.4 Å². The first-order valence-corrected chi connectivity index (χ1v) is 8.07. The van der Waals surface area contributed by atoms with E-state index in [1.807, 2.05) is 25.1 Å². The fourth-order valence-electron chi connectivity index (χ4n) is 2.94. The average Bonchev–Trinajstić information content (AvgIpc) is 2.43. The Bertz CT molecular complexity index is 498. The predicted molar refractivity (Wildman–Crippen MR) is 88.8 cm³/mol. The fourth-order valence-corrected chi connectivity index (χ4v) is 2.94. The lowest BCUT2D eigenvalue weighted by molar-refractivity contribution is 0.0956. The molecule has 1 fully saturated rings. The quantitative estimate of drug-likeness (QED) is 0.875. The summed E-state index contributed by atoms with van der Waals surface area (Å²) in [6.45, 7) is 9.40. The number of aryl methyl sites for hydroxylation is 1. The highest BCUT2D eigenvalue weighted by molar-refractivity contribution is 5.95. The van der Waals surface area contributed by atoms with Gasteiger partial charge in [0.2, 0.25) is 0 Å². The topological polar surface area (TPSA) is 41.1 Å². The van der Waals surface area contributed by atoms with Crippen LogP contribution in [-0.4, -0.2) is 18.5 Å². The highest BCUT2D eigenvalue weighted by Crippen LogP contribution is 2.36. The third-order valence-electron chi connectivity index (χ3n) is 4.54. The largest absolute Gasteiger partial charge is 0.382 e. The molecule has 0 aromatic heterocycles. The van der Waals surface area contributed by atoms with Crippen LogP contribution < -0.4 is 10.6 Å². The van der Waals surface area contributed by atoms with E-state index < -0.39 is 0 Å². The van der Waals surface area contributed by atoms with E-state index >= 15 is 0 Å². The molecule has 1 aromatic carbocycles. The van der Waals surface area contributed by atoms with E-state index in [0.29, 0.717) is 18.0 Å². The maximum atomic E-state index is 11.9. The van der Waals surface area contributed by atoms with Crippen molar-refractivity contribution >= 4 is 11.6 Å². The summed E-state index contributed by atoms with van der Waals surface area (Å²) in [5, 5.41) is 6.50. The molecule has 2 rings (SSSR count). The van der Waals surface area contributed by atoms with Crippen molar-refractivity contribution in [3.05, 3.63) is 29.3 Å². The summed E-state index contributed by atoms with van der Waals surface area (Å²) >= 11 is 0. The molecule has 3 nitrogen and oxygen atoms in total. The molecule has 0 unspecified atom stereocenters. The van der Waals surface area contributed by atoms with Gasteiger partial charge in [-0.15, -0.1) is 0 Å². The summed E-state index contributed by atoms with van der Waals surface area (Å²) < 4.78 is 0. The van der Waals surface area contributed by atoms with E-state index in [9.17, 15) is 4.79 Å². The van der Waals surface area contributed by atoms with Gasteiger partial charge in [0.05, 0.1) is 0 Å². The molecule has 0 atom stereocenters. The van der Waals surface area contributed by atoms with Crippen molar-refractivity contribution in [3.63, 3.8) is 0 Å². The Morgan fingerprint density at radius 3 is 2.57 bits per heavy atom. The van der Waals surface area contributed by atoms with Gasteiger partial charge in [0.15, 0.2) is 0 Å². The zero-order chi connectivity index (χ0) is 15.5. The molecule has 1 aliphatic rings. The van der Waals surface area contributed by atoms with Gasteiger partial charge in [0.25, 0.3) is 5.91 Å². The van der Waals surface area contributed by atoms with Crippen molar-refractivity contribution in [1.82, 2.24) is 5.32 Å². The molecular formula is C18H28N2O. The summed E-state index contributed by atoms with van der Waals surface area (Å²) in [6.07, 6.45) is 4.94. The molecule has 0 aliphatic heterocycles. The van der Waals surface area contributed by atoms with Gasteiger partial charge in [-0.1, -0.05) is 19.9 Å². The van der Waals surface area contributed by atoms with Crippen molar-refractivity contribution in [2.45, 2.75) is 59.4 Å². The van der Waals surface area contributed by atoms with Crippen LogP contribution >= 0.6 is 0 Å². The number of anilines is 1. The number of rotatable bonds is 4. The van der Waals surface area contributed by atoms with Gasteiger partial charge in [-0.2, -0.15) is 0 Å². The third-order valence-corrected chi connectivity index (χ3v) is 4.54. The SMILES string of the molecule is CCNC(=O)c1ccc(C)c(NC2CCC(C)(C)CC2)c1. The standard InChI is InChI=1S/C18H28N2O/c1-5-19-17(21)14-7-6-13(2)16(12-14)20-15-8-10-18(3,4)11-9-15/h6-7,12,15,20H,5,8-11H2,1-4H3,(H,19,21). The smallest absolute Gasteiger partial charge is 0.251 e. The van der Waals surface area contributed by atoms with Crippen LogP contribution in [0.15, 0.2) is 18.2 Å². The van der Waals surface area contributed by atoms with Gasteiger partial charge in [-0.25, -0.2) is 0 Å². The number of carbonyl (C=O) groups is 1. The highest BCUT2D eigenvalue weighted by atomic mass is 16.1. The minimum atomic E-state index is 0.00493. The Labute approximate surface area is 128 Å². The number of benzene rings is 1. The number of hydrogen-bond acceptors (Lipinski definition) is 2. The Hall–Kier alpha value is -1.51. The molecule has 1 aliphatic carbocycles. The van der Waals surface area contributed by atoms with Crippen LogP contribution in [0.5, 0.6) is 0 Å². The average molecular weight is 288 g/mol. The van der Waals surface area contributed by atoms with E-state index in [2.05, 4.69) is 31.4 Å². The number of carbonyl (C=O) groups excluding carboxylic acids is 1. The van der Waals surface area contributed by atoms with E-state index in [0.717, 1.165) is 11.3 Å². The number of amides is 1. The van der Waals surface area contributed by atoms with Crippen molar-refractivity contribution in [1.29, 1.82) is 0 Å². The molecule has 1 saturated carbocycles. The second kappa shape index (κ2) is 6.50. The molecule has 0 radical (unpaired) electrons. The van der Waals surface area contributed by atoms with Crippen molar-refractivity contribution in [2.24, 2.45) is 5.41 Å². The monoisotopic (exact) mass is 288 g/mol. The number of hydrogen-bond donors (Lipinski definition) is 2. The first kappa shape index (κ1) is 15.9. The third kappa shape index (κ3) is 4.23. The van der Waals surface area contributed by atoms with E-state index in [4.69, 9.17) is 0 Å². The minimum absolute atomic E-state index is 0.00493. The van der Waals surface area contributed by atoms with E-state index in [1.54, 1.807) is 0 Å². The van der Waals surface area contributed by atoms with Crippen LogP contribution in [0.2, 0.25) is 0 Å². The van der Waals surface area contributed by atoms with E-state index in [1.165, 1.54) is 31.2 Å². The maximum absolute atomic E-state index is 11.9.